The van der Waals surface area contributed by atoms with E-state index in [0.717, 1.165) is 41.5 Å². The van der Waals surface area contributed by atoms with E-state index in [4.69, 9.17) is 32.7 Å². The van der Waals surface area contributed by atoms with Crippen LogP contribution in [0.15, 0.2) is 72.1 Å². The van der Waals surface area contributed by atoms with E-state index in [1.807, 2.05) is 6.07 Å². The molecule has 11 nitrogen and oxygen atoms in total. The molecule has 2 amide bonds. The first kappa shape index (κ1) is 47.3. The van der Waals surface area contributed by atoms with Crippen LogP contribution in [0.3, 0.4) is 0 Å². The van der Waals surface area contributed by atoms with E-state index in [9.17, 15) is 19.2 Å². The molecule has 2 N–H and O–H groups in total. The van der Waals surface area contributed by atoms with E-state index < -0.39 is 34.4 Å². The molecular formula is C45H57Cl2N5O6S. The standard InChI is InChI=1S/C45H57Cl2N5O6S/c1-11-44(7,8)30-17-22-36(33(24-30)45(9,10)12-2)57-23-13-14-37(53)50-32-20-21-34(47)35(25-32)51-40(55)38(39(54)43(4,5)6)52-42(48-27-49-52)59-28(3)41(56)58-26-29-15-18-31(46)19-16-29/h15-22,24-25,27-28,38H,11-14,23,26H2,1-10H3,(H,50,53)(H,51,55). The van der Waals surface area contributed by atoms with E-state index in [-0.39, 0.29) is 45.6 Å². The van der Waals surface area contributed by atoms with Crippen LogP contribution in [0, 0.1) is 5.41 Å². The van der Waals surface area contributed by atoms with Gasteiger partial charge in [-0.15, -0.1) is 0 Å². The van der Waals surface area contributed by atoms with Crippen molar-refractivity contribution in [3.63, 3.8) is 0 Å². The number of esters is 1. The highest BCUT2D eigenvalue weighted by molar-refractivity contribution is 8.00. The Morgan fingerprint density at radius 1 is 0.864 bits per heavy atom. The normalized spacial score (nSPS) is 13.0. The minimum absolute atomic E-state index is 0.0430. The molecule has 2 atom stereocenters. The molecule has 59 heavy (non-hydrogen) atoms. The Morgan fingerprint density at radius 3 is 2.19 bits per heavy atom. The van der Waals surface area contributed by atoms with Crippen LogP contribution in [0.25, 0.3) is 0 Å². The minimum atomic E-state index is -1.47. The van der Waals surface area contributed by atoms with Crippen LogP contribution in [0.2, 0.25) is 10.0 Å². The van der Waals surface area contributed by atoms with Crippen molar-refractivity contribution in [3.8, 4) is 5.75 Å². The maximum Gasteiger partial charge on any atom is 0.319 e. The van der Waals surface area contributed by atoms with Gasteiger partial charge in [-0.1, -0.05) is 122 Å². The highest BCUT2D eigenvalue weighted by atomic mass is 35.5. The smallest absolute Gasteiger partial charge is 0.319 e. The maximum absolute atomic E-state index is 14.0. The summed E-state index contributed by atoms with van der Waals surface area (Å²) < 4.78 is 12.9. The Labute approximate surface area is 362 Å². The van der Waals surface area contributed by atoms with Gasteiger partial charge in [0, 0.05) is 28.1 Å². The molecule has 0 saturated carbocycles. The van der Waals surface area contributed by atoms with Gasteiger partial charge < -0.3 is 20.1 Å². The quantitative estimate of drug-likeness (QED) is 0.0408. The van der Waals surface area contributed by atoms with Crippen LogP contribution in [-0.4, -0.2) is 50.2 Å². The number of nitrogens with one attached hydrogen (secondary N) is 2. The summed E-state index contributed by atoms with van der Waals surface area (Å²) >= 11 is 13.5. The third-order valence-corrected chi connectivity index (χ3v) is 12.1. The molecule has 0 saturated heterocycles. The lowest BCUT2D eigenvalue weighted by Crippen LogP contribution is -2.39. The number of carbonyl (C=O) groups is 4. The first-order valence-electron chi connectivity index (χ1n) is 19.9. The SMILES string of the molecule is CCC(C)(C)c1ccc(OCCCC(=O)Nc2ccc(Cl)c(NC(=O)C(C(=O)C(C)(C)C)n3ncnc3SC(C)C(=O)OCc3ccc(Cl)cc3)c2)c(C(C)(C)CC)c1. The number of ether oxygens (including phenoxy) is 2. The molecule has 0 aliphatic heterocycles. The van der Waals surface area contributed by atoms with Gasteiger partial charge in [0.05, 0.1) is 17.3 Å². The van der Waals surface area contributed by atoms with Gasteiger partial charge in [-0.2, -0.15) is 5.10 Å². The Hall–Kier alpha value is -4.39. The van der Waals surface area contributed by atoms with Crippen LogP contribution in [0.5, 0.6) is 5.75 Å². The van der Waals surface area contributed by atoms with Gasteiger partial charge in [0.1, 0.15) is 23.9 Å². The second-order valence-electron chi connectivity index (χ2n) is 16.9. The van der Waals surface area contributed by atoms with Crippen molar-refractivity contribution in [2.45, 2.75) is 129 Å². The summed E-state index contributed by atoms with van der Waals surface area (Å²) in [7, 11) is 0. The Balaban J connectivity index is 1.42. The van der Waals surface area contributed by atoms with Crippen LogP contribution in [0.4, 0.5) is 11.4 Å². The predicted octanol–water partition coefficient (Wildman–Crippen LogP) is 10.8. The number of hydrogen-bond donors (Lipinski definition) is 2. The fourth-order valence-electron chi connectivity index (χ4n) is 5.85. The molecule has 0 bridgehead atoms. The van der Waals surface area contributed by atoms with Gasteiger partial charge in [-0.25, -0.2) is 9.67 Å². The summed E-state index contributed by atoms with van der Waals surface area (Å²) in [6.07, 6.45) is 3.85. The van der Waals surface area contributed by atoms with Crippen molar-refractivity contribution in [2.75, 3.05) is 17.2 Å². The molecule has 0 aliphatic rings. The zero-order chi connectivity index (χ0) is 43.7. The fraction of sp³-hybridized carbons (Fsp3) is 0.467. The first-order chi connectivity index (χ1) is 27.7. The molecule has 0 fully saturated rings. The third-order valence-electron chi connectivity index (χ3n) is 10.5. The van der Waals surface area contributed by atoms with E-state index >= 15 is 0 Å². The van der Waals surface area contributed by atoms with Crippen molar-refractivity contribution in [1.29, 1.82) is 0 Å². The molecule has 4 aromatic rings. The van der Waals surface area contributed by atoms with Gasteiger partial charge in [0.2, 0.25) is 5.91 Å². The number of Topliss-reactive ketones (excluding diaryl/α,β-unsaturated/α-hetero) is 1. The second kappa shape index (κ2) is 20.2. The summed E-state index contributed by atoms with van der Waals surface area (Å²) in [5, 5.41) is 10.0. The molecule has 3 aromatic carbocycles. The van der Waals surface area contributed by atoms with Gasteiger partial charge in [-0.05, 0) is 84.5 Å². The highest BCUT2D eigenvalue weighted by Gasteiger charge is 2.39. The van der Waals surface area contributed by atoms with Crippen molar-refractivity contribution < 1.29 is 28.7 Å². The average molecular weight is 867 g/mol. The molecule has 0 aliphatic carbocycles. The molecular weight excluding hydrogens is 809 g/mol. The van der Waals surface area contributed by atoms with Crippen molar-refractivity contribution in [2.24, 2.45) is 5.41 Å². The number of thioether (sulfide) groups is 1. The average Bonchev–Trinajstić information content (AvgIpc) is 3.64. The Bertz CT molecular complexity index is 2110. The number of carbonyl (C=O) groups excluding carboxylic acids is 4. The summed E-state index contributed by atoms with van der Waals surface area (Å²) in [4.78, 5) is 58.1. The van der Waals surface area contributed by atoms with E-state index in [1.54, 1.807) is 64.1 Å². The van der Waals surface area contributed by atoms with E-state index in [2.05, 4.69) is 74.4 Å². The number of benzene rings is 3. The molecule has 2 unspecified atom stereocenters. The van der Waals surface area contributed by atoms with Gasteiger partial charge in [0.15, 0.2) is 17.0 Å². The van der Waals surface area contributed by atoms with Crippen LogP contribution >= 0.6 is 35.0 Å². The van der Waals surface area contributed by atoms with Crippen LogP contribution < -0.4 is 15.4 Å². The number of amides is 2. The monoisotopic (exact) mass is 865 g/mol. The zero-order valence-electron chi connectivity index (χ0n) is 35.7. The Morgan fingerprint density at radius 2 is 1.54 bits per heavy atom. The number of nitrogens with zero attached hydrogens (tertiary/aromatic N) is 3. The van der Waals surface area contributed by atoms with Gasteiger partial charge in [-0.3, -0.25) is 19.2 Å². The molecule has 0 radical (unpaired) electrons. The summed E-state index contributed by atoms with van der Waals surface area (Å²) in [6, 6.07) is 16.6. The summed E-state index contributed by atoms with van der Waals surface area (Å²) in [5.74, 6) is -1.11. The lowest BCUT2D eigenvalue weighted by Gasteiger charge is -2.30. The molecule has 14 heteroatoms. The zero-order valence-corrected chi connectivity index (χ0v) is 38.0. The lowest BCUT2D eigenvalue weighted by atomic mass is 9.76. The maximum atomic E-state index is 14.0. The highest BCUT2D eigenvalue weighted by Crippen LogP contribution is 2.39. The van der Waals surface area contributed by atoms with Crippen LogP contribution in [-0.2, 0) is 41.4 Å². The number of aromatic nitrogens is 3. The van der Waals surface area contributed by atoms with E-state index in [1.165, 1.54) is 22.6 Å². The first-order valence-corrected chi connectivity index (χ1v) is 21.5. The number of anilines is 2. The molecule has 4 rings (SSSR count). The molecule has 0 spiro atoms. The second-order valence-corrected chi connectivity index (χ2v) is 19.0. The lowest BCUT2D eigenvalue weighted by molar-refractivity contribution is -0.144. The molecule has 1 aromatic heterocycles. The van der Waals surface area contributed by atoms with Gasteiger partial charge in [0.25, 0.3) is 5.91 Å². The minimum Gasteiger partial charge on any atom is -0.493 e. The summed E-state index contributed by atoms with van der Waals surface area (Å²) in [5.41, 5.74) is 2.77. The topological polar surface area (TPSA) is 142 Å². The van der Waals surface area contributed by atoms with Crippen LogP contribution in [0.1, 0.15) is 118 Å². The van der Waals surface area contributed by atoms with Gasteiger partial charge >= 0.3 is 5.97 Å². The predicted molar refractivity (Wildman–Crippen MR) is 237 cm³/mol. The Kier molecular flexibility index (Phi) is 16.2. The van der Waals surface area contributed by atoms with Crippen molar-refractivity contribution >= 4 is 69.9 Å². The number of ketones is 1. The van der Waals surface area contributed by atoms with E-state index in [0.29, 0.717) is 23.7 Å². The largest absolute Gasteiger partial charge is 0.493 e. The molecule has 318 valence electrons. The fourth-order valence-corrected chi connectivity index (χ4v) is 6.99. The third kappa shape index (κ3) is 12.8. The number of rotatable bonds is 19. The number of halogens is 2. The van der Waals surface area contributed by atoms with Crippen molar-refractivity contribution in [3.05, 3.63) is 93.7 Å². The number of hydrogen-bond acceptors (Lipinski definition) is 9. The summed E-state index contributed by atoms with van der Waals surface area (Å²) in [6.45, 7) is 20.4. The molecule has 1 heterocycles. The van der Waals surface area contributed by atoms with Crippen molar-refractivity contribution in [1.82, 2.24) is 14.8 Å².